The smallest absolute Gasteiger partial charge is 0.267 e. The Balaban J connectivity index is 2.06. The zero-order valence-electron chi connectivity index (χ0n) is 19.0. The minimum Gasteiger partial charge on any atom is -0.399 e. The van der Waals surface area contributed by atoms with Crippen molar-refractivity contribution in [2.75, 3.05) is 5.73 Å². The van der Waals surface area contributed by atoms with Crippen molar-refractivity contribution in [1.82, 2.24) is 9.71 Å². The summed E-state index contributed by atoms with van der Waals surface area (Å²) in [4.78, 5) is 17.8. The molecule has 0 fully saturated rings. The summed E-state index contributed by atoms with van der Waals surface area (Å²) in [5, 5.41) is 0. The van der Waals surface area contributed by atoms with E-state index < -0.39 is 15.9 Å². The van der Waals surface area contributed by atoms with Gasteiger partial charge in [0.15, 0.2) is 0 Å². The molecule has 168 valence electrons. The van der Waals surface area contributed by atoms with E-state index in [-0.39, 0.29) is 15.9 Å². The molecule has 0 radical (unpaired) electrons. The molecule has 32 heavy (non-hydrogen) atoms. The molecule has 7 heteroatoms. The van der Waals surface area contributed by atoms with Crippen LogP contribution in [0.15, 0.2) is 65.6 Å². The van der Waals surface area contributed by atoms with E-state index in [0.29, 0.717) is 17.3 Å². The molecule has 1 amide bonds. The number of nitrogens with zero attached hydrogens (tertiary/aromatic N) is 1. The highest BCUT2D eigenvalue weighted by Gasteiger charge is 2.24. The third-order valence-corrected chi connectivity index (χ3v) is 6.48. The first-order chi connectivity index (χ1) is 14.9. The number of sulfonamides is 1. The fourth-order valence-electron chi connectivity index (χ4n) is 3.22. The molecule has 0 unspecified atom stereocenters. The summed E-state index contributed by atoms with van der Waals surface area (Å²) in [5.74, 6) is -0.382. The summed E-state index contributed by atoms with van der Waals surface area (Å²) in [5.41, 5.74) is 9.08. The fraction of sp³-hybridized carbons (Fsp3) is 0.280. The Kier molecular flexibility index (Phi) is 6.41. The third kappa shape index (κ3) is 5.16. The zero-order valence-corrected chi connectivity index (χ0v) is 19.8. The molecule has 0 atom stereocenters. The average Bonchev–Trinajstić information content (AvgIpc) is 2.72. The van der Waals surface area contributed by atoms with Gasteiger partial charge in [-0.15, -0.1) is 0 Å². The van der Waals surface area contributed by atoms with Crippen molar-refractivity contribution >= 4 is 21.6 Å². The number of hydrogen-bond acceptors (Lipinski definition) is 5. The Labute approximate surface area is 189 Å². The number of carbonyl (C=O) groups excluding carboxylic acids is 1. The minimum atomic E-state index is -4.09. The second kappa shape index (κ2) is 8.74. The van der Waals surface area contributed by atoms with Crippen LogP contribution in [0.25, 0.3) is 11.3 Å². The van der Waals surface area contributed by atoms with Gasteiger partial charge in [-0.1, -0.05) is 65.0 Å². The molecular formula is C25H29N3O3S. The number of amides is 1. The van der Waals surface area contributed by atoms with Gasteiger partial charge in [-0.25, -0.2) is 13.1 Å². The first-order valence-corrected chi connectivity index (χ1v) is 11.9. The van der Waals surface area contributed by atoms with Crippen LogP contribution in [0.1, 0.15) is 62.2 Å². The number of rotatable bonds is 5. The lowest BCUT2D eigenvalue weighted by Gasteiger charge is -2.20. The predicted molar refractivity (Wildman–Crippen MR) is 128 cm³/mol. The monoisotopic (exact) mass is 451 g/mol. The number of hydrogen-bond donors (Lipinski definition) is 2. The van der Waals surface area contributed by atoms with Crippen molar-refractivity contribution in [2.45, 2.75) is 50.8 Å². The van der Waals surface area contributed by atoms with Crippen LogP contribution in [0, 0.1) is 0 Å². The lowest BCUT2D eigenvalue weighted by Crippen LogP contribution is -2.31. The normalized spacial score (nSPS) is 12.1. The Hall–Kier alpha value is -3.19. The SMILES string of the molecule is CC(C)c1ccc(-c2nc(C(C)(C)C)ccc2C(=O)NS(=O)(=O)c2cccc(N)c2)cc1. The van der Waals surface area contributed by atoms with Crippen LogP contribution in [0.5, 0.6) is 0 Å². The number of nitrogen functional groups attached to an aromatic ring is 1. The summed E-state index contributed by atoms with van der Waals surface area (Å²) in [6.45, 7) is 10.3. The van der Waals surface area contributed by atoms with Crippen LogP contribution >= 0.6 is 0 Å². The second-order valence-electron chi connectivity index (χ2n) is 9.13. The number of nitrogens with two attached hydrogens (primary N) is 1. The van der Waals surface area contributed by atoms with Gasteiger partial charge in [-0.05, 0) is 41.8 Å². The number of benzene rings is 2. The first-order valence-electron chi connectivity index (χ1n) is 10.4. The average molecular weight is 452 g/mol. The number of carbonyl (C=O) groups is 1. The number of nitrogens with one attached hydrogen (secondary N) is 1. The van der Waals surface area contributed by atoms with Gasteiger partial charge in [-0.3, -0.25) is 9.78 Å². The van der Waals surface area contributed by atoms with E-state index in [1.165, 1.54) is 18.2 Å². The van der Waals surface area contributed by atoms with Gasteiger partial charge < -0.3 is 5.73 Å². The zero-order chi connectivity index (χ0) is 23.7. The van der Waals surface area contributed by atoms with Crippen LogP contribution in [-0.4, -0.2) is 19.3 Å². The van der Waals surface area contributed by atoms with E-state index in [2.05, 4.69) is 18.6 Å². The van der Waals surface area contributed by atoms with Gasteiger partial charge in [0.25, 0.3) is 15.9 Å². The molecule has 3 aromatic rings. The van der Waals surface area contributed by atoms with E-state index >= 15 is 0 Å². The second-order valence-corrected chi connectivity index (χ2v) is 10.8. The van der Waals surface area contributed by atoms with E-state index in [1.54, 1.807) is 18.2 Å². The van der Waals surface area contributed by atoms with Crippen molar-refractivity contribution in [1.29, 1.82) is 0 Å². The molecule has 0 saturated heterocycles. The van der Waals surface area contributed by atoms with Gasteiger partial charge in [-0.2, -0.15) is 0 Å². The first kappa shape index (κ1) is 23.5. The molecule has 2 aromatic carbocycles. The van der Waals surface area contributed by atoms with Crippen LogP contribution in [-0.2, 0) is 15.4 Å². The van der Waals surface area contributed by atoms with E-state index in [9.17, 15) is 13.2 Å². The topological polar surface area (TPSA) is 102 Å². The Morgan fingerprint density at radius 2 is 1.66 bits per heavy atom. The van der Waals surface area contributed by atoms with Crippen LogP contribution in [0.2, 0.25) is 0 Å². The standard InChI is InChI=1S/C25H29N3O3S/c1-16(2)17-9-11-18(12-10-17)23-21(13-14-22(27-23)25(3,4)5)24(29)28-32(30,31)20-8-6-7-19(26)15-20/h6-16H,26H2,1-5H3,(H,28,29). The van der Waals surface area contributed by atoms with Crippen molar-refractivity contribution in [3.05, 3.63) is 77.5 Å². The minimum absolute atomic E-state index is 0.0760. The quantitative estimate of drug-likeness (QED) is 0.539. The van der Waals surface area contributed by atoms with Gasteiger partial charge >= 0.3 is 0 Å². The van der Waals surface area contributed by atoms with E-state index in [4.69, 9.17) is 10.7 Å². The molecule has 0 aliphatic carbocycles. The molecular weight excluding hydrogens is 422 g/mol. The van der Waals surface area contributed by atoms with Gasteiger partial charge in [0.05, 0.1) is 16.2 Å². The molecule has 0 aliphatic heterocycles. The number of anilines is 1. The highest BCUT2D eigenvalue weighted by molar-refractivity contribution is 7.90. The lowest BCUT2D eigenvalue weighted by molar-refractivity contribution is 0.0981. The highest BCUT2D eigenvalue weighted by Crippen LogP contribution is 2.29. The van der Waals surface area contributed by atoms with Crippen LogP contribution < -0.4 is 10.5 Å². The molecule has 3 rings (SSSR count). The van der Waals surface area contributed by atoms with Crippen LogP contribution in [0.4, 0.5) is 5.69 Å². The summed E-state index contributed by atoms with van der Waals surface area (Å²) in [6.07, 6.45) is 0. The molecule has 3 N–H and O–H groups in total. The molecule has 1 aromatic heterocycles. The van der Waals surface area contributed by atoms with Crippen molar-refractivity contribution in [3.8, 4) is 11.3 Å². The molecule has 6 nitrogen and oxygen atoms in total. The maximum Gasteiger partial charge on any atom is 0.267 e. The third-order valence-electron chi connectivity index (χ3n) is 5.15. The van der Waals surface area contributed by atoms with Gasteiger partial charge in [0.1, 0.15) is 0 Å². The summed E-state index contributed by atoms with van der Waals surface area (Å²) < 4.78 is 27.7. The molecule has 0 spiro atoms. The van der Waals surface area contributed by atoms with Gasteiger partial charge in [0.2, 0.25) is 0 Å². The van der Waals surface area contributed by atoms with Crippen molar-refractivity contribution in [3.63, 3.8) is 0 Å². The maximum absolute atomic E-state index is 13.1. The molecule has 0 saturated carbocycles. The predicted octanol–water partition coefficient (Wildman–Crippen LogP) is 4.87. The number of aromatic nitrogens is 1. The Morgan fingerprint density at radius 3 is 2.22 bits per heavy atom. The highest BCUT2D eigenvalue weighted by atomic mass is 32.2. The van der Waals surface area contributed by atoms with Crippen molar-refractivity contribution < 1.29 is 13.2 Å². The summed E-state index contributed by atoms with van der Waals surface area (Å²) in [6, 6.07) is 17.0. The molecule has 0 bridgehead atoms. The van der Waals surface area contributed by atoms with Crippen molar-refractivity contribution in [2.24, 2.45) is 0 Å². The molecule has 0 aliphatic rings. The Morgan fingerprint density at radius 1 is 1.00 bits per heavy atom. The molecule has 1 heterocycles. The fourth-order valence-corrected chi connectivity index (χ4v) is 4.24. The van der Waals surface area contributed by atoms with Crippen LogP contribution in [0.3, 0.4) is 0 Å². The largest absolute Gasteiger partial charge is 0.399 e. The van der Waals surface area contributed by atoms with E-state index in [0.717, 1.165) is 16.8 Å². The number of pyridine rings is 1. The van der Waals surface area contributed by atoms with Gasteiger partial charge in [0, 0.05) is 22.4 Å². The summed E-state index contributed by atoms with van der Waals surface area (Å²) >= 11 is 0. The Bertz CT molecular complexity index is 1240. The van der Waals surface area contributed by atoms with E-state index in [1.807, 2.05) is 45.0 Å². The summed E-state index contributed by atoms with van der Waals surface area (Å²) in [7, 11) is -4.09. The lowest BCUT2D eigenvalue weighted by atomic mass is 9.90. The maximum atomic E-state index is 13.1.